The first-order valence-electron chi connectivity index (χ1n) is 13.6. The number of hydrogen-bond donors (Lipinski definition) is 2. The molecule has 2 aromatic rings. The summed E-state index contributed by atoms with van der Waals surface area (Å²) >= 11 is 0. The lowest BCUT2D eigenvalue weighted by Crippen LogP contribution is -2.52. The molecule has 1 aromatic heterocycles. The third-order valence-corrected chi connectivity index (χ3v) is 8.10. The average Bonchev–Trinajstić information content (AvgIpc) is 3.11. The number of carbonyl (C=O) groups is 3. The van der Waals surface area contributed by atoms with Crippen LogP contribution in [0.3, 0.4) is 0 Å². The van der Waals surface area contributed by atoms with Gasteiger partial charge in [0.1, 0.15) is 22.8 Å². The number of pyridine rings is 1. The van der Waals surface area contributed by atoms with Crippen molar-refractivity contribution in [2.75, 3.05) is 13.1 Å². The van der Waals surface area contributed by atoms with Crippen LogP contribution in [-0.4, -0.2) is 62.1 Å². The molecule has 4 heterocycles. The van der Waals surface area contributed by atoms with Gasteiger partial charge in [0.2, 0.25) is 11.3 Å². The summed E-state index contributed by atoms with van der Waals surface area (Å²) < 4.78 is 30.0. The number of aromatic nitrogens is 1. The van der Waals surface area contributed by atoms with Crippen LogP contribution in [0.5, 0.6) is 5.75 Å². The molecule has 3 atom stereocenters. The van der Waals surface area contributed by atoms with E-state index in [0.717, 1.165) is 12.1 Å². The summed E-state index contributed by atoms with van der Waals surface area (Å²) in [4.78, 5) is 60.8. The van der Waals surface area contributed by atoms with Crippen molar-refractivity contribution in [1.29, 1.82) is 0 Å². The maximum Gasteiger partial charge on any atom is 0.274 e. The Kier molecular flexibility index (Phi) is 6.96. The Bertz CT molecular complexity index is 1490. The van der Waals surface area contributed by atoms with Crippen LogP contribution in [-0.2, 0) is 16.2 Å². The second kappa shape index (κ2) is 9.93. The quantitative estimate of drug-likeness (QED) is 0.581. The molecule has 5 rings (SSSR count). The number of amides is 3. The van der Waals surface area contributed by atoms with Gasteiger partial charge in [-0.2, -0.15) is 0 Å². The van der Waals surface area contributed by atoms with E-state index in [1.807, 2.05) is 27.7 Å². The second-order valence-electron chi connectivity index (χ2n) is 12.6. The molecule has 2 N–H and O–H groups in total. The predicted octanol–water partition coefficient (Wildman–Crippen LogP) is 3.20. The minimum absolute atomic E-state index is 0.0162. The fraction of sp³-hybridized carbons (Fsp3) is 0.517. The van der Waals surface area contributed by atoms with Gasteiger partial charge in [-0.05, 0) is 49.8 Å². The summed E-state index contributed by atoms with van der Waals surface area (Å²) in [6.45, 7) is 9.22. The highest BCUT2D eigenvalue weighted by Gasteiger charge is 2.56. The molecular formula is C29H34F2N4O6. The molecule has 2 fully saturated rings. The molecule has 3 amide bonds. The van der Waals surface area contributed by atoms with Gasteiger partial charge in [-0.1, -0.05) is 20.8 Å². The molecule has 3 aliphatic rings. The zero-order valence-corrected chi connectivity index (χ0v) is 23.7. The van der Waals surface area contributed by atoms with Gasteiger partial charge >= 0.3 is 0 Å². The van der Waals surface area contributed by atoms with Crippen molar-refractivity contribution in [2.45, 2.75) is 78.1 Å². The topological polar surface area (TPSA) is 121 Å². The first-order valence-corrected chi connectivity index (χ1v) is 13.6. The van der Waals surface area contributed by atoms with E-state index in [0.29, 0.717) is 24.9 Å². The SMILES string of the molecule is Cc1cc(F)c(CNC(=O)c2cn3c(c(O)c2=O)C(=O)N2C[C@@H]3[C@]3(CC[C@@H]2C)CC(=O)N(CC(C)(C)C)O3)c(F)c1. The molecule has 10 nitrogen and oxygen atoms in total. The molecule has 0 unspecified atom stereocenters. The standard InChI is InChI=1S/C29H34F2N4O6/c1-15-8-19(30)17(20(31)9-15)11-32-26(39)18-12-34-21-13-33(27(40)23(34)25(38)24(18)37)16(2)6-7-29(21)10-22(36)35(41-29)14-28(3,4)5/h8-9,12,16,21,38H,6-7,10-11,13-14H2,1-5H3,(H,32,39)/t16-,21+,29-/m0/s1. The number of nitrogens with zero attached hydrogens (tertiary/aromatic N) is 3. The Morgan fingerprint density at radius 3 is 2.49 bits per heavy atom. The molecule has 0 saturated carbocycles. The minimum atomic E-state index is -1.09. The molecule has 2 bridgehead atoms. The predicted molar refractivity (Wildman–Crippen MR) is 143 cm³/mol. The van der Waals surface area contributed by atoms with Gasteiger partial charge in [-0.3, -0.25) is 24.0 Å². The molecule has 3 aliphatic heterocycles. The van der Waals surface area contributed by atoms with Crippen LogP contribution in [0.25, 0.3) is 0 Å². The largest absolute Gasteiger partial charge is 0.503 e. The molecule has 41 heavy (non-hydrogen) atoms. The summed E-state index contributed by atoms with van der Waals surface area (Å²) in [5.41, 5.74) is -3.26. The van der Waals surface area contributed by atoms with E-state index >= 15 is 0 Å². The van der Waals surface area contributed by atoms with Crippen molar-refractivity contribution in [1.82, 2.24) is 19.8 Å². The van der Waals surface area contributed by atoms with Gasteiger partial charge in [0.05, 0.1) is 19.0 Å². The van der Waals surface area contributed by atoms with Crippen LogP contribution in [0.4, 0.5) is 8.78 Å². The van der Waals surface area contributed by atoms with Crippen molar-refractivity contribution in [3.05, 3.63) is 62.6 Å². The first kappa shape index (κ1) is 28.7. The molecule has 0 radical (unpaired) electrons. The van der Waals surface area contributed by atoms with E-state index in [9.17, 15) is 33.1 Å². The number of nitrogens with one attached hydrogen (secondary N) is 1. The van der Waals surface area contributed by atoms with Crippen LogP contribution in [0.1, 0.15) is 85.0 Å². The van der Waals surface area contributed by atoms with Gasteiger partial charge in [0.15, 0.2) is 11.4 Å². The van der Waals surface area contributed by atoms with Crippen LogP contribution in [0.15, 0.2) is 23.1 Å². The fourth-order valence-electron chi connectivity index (χ4n) is 5.98. The van der Waals surface area contributed by atoms with E-state index in [2.05, 4.69) is 5.32 Å². The van der Waals surface area contributed by atoms with E-state index in [4.69, 9.17) is 4.84 Å². The number of halogens is 2. The van der Waals surface area contributed by atoms with Crippen molar-refractivity contribution < 1.29 is 33.1 Å². The van der Waals surface area contributed by atoms with E-state index < -0.39 is 58.4 Å². The Morgan fingerprint density at radius 2 is 1.85 bits per heavy atom. The van der Waals surface area contributed by atoms with Crippen molar-refractivity contribution >= 4 is 17.7 Å². The number of rotatable bonds is 4. The summed E-state index contributed by atoms with van der Waals surface area (Å²) in [5.74, 6) is -4.39. The Labute approximate surface area is 235 Å². The van der Waals surface area contributed by atoms with Crippen molar-refractivity contribution in [2.24, 2.45) is 5.41 Å². The van der Waals surface area contributed by atoms with E-state index in [-0.39, 0.29) is 41.6 Å². The lowest BCUT2D eigenvalue weighted by molar-refractivity contribution is -0.220. The number of aryl methyl sites for hydroxylation is 1. The third-order valence-electron chi connectivity index (χ3n) is 8.10. The summed E-state index contributed by atoms with van der Waals surface area (Å²) in [5, 5.41) is 14.7. The Balaban J connectivity index is 1.55. The molecule has 0 aliphatic carbocycles. The zero-order chi connectivity index (χ0) is 30.0. The number of aromatic hydroxyl groups is 1. The first-order chi connectivity index (χ1) is 19.1. The number of fused-ring (bicyclic) bond motifs is 5. The summed E-state index contributed by atoms with van der Waals surface area (Å²) in [6, 6.07) is 1.28. The number of hydroxylamine groups is 2. The molecular weight excluding hydrogens is 538 g/mol. The molecule has 220 valence electrons. The van der Waals surface area contributed by atoms with Crippen molar-refractivity contribution in [3.8, 4) is 5.75 Å². The summed E-state index contributed by atoms with van der Waals surface area (Å²) in [7, 11) is 0. The van der Waals surface area contributed by atoms with Crippen LogP contribution < -0.4 is 10.7 Å². The zero-order valence-electron chi connectivity index (χ0n) is 23.7. The van der Waals surface area contributed by atoms with Crippen LogP contribution >= 0.6 is 0 Å². The fourth-order valence-corrected chi connectivity index (χ4v) is 5.98. The number of hydrogen-bond acceptors (Lipinski definition) is 6. The lowest BCUT2D eigenvalue weighted by Gasteiger charge is -2.42. The minimum Gasteiger partial charge on any atom is -0.503 e. The Morgan fingerprint density at radius 1 is 1.20 bits per heavy atom. The number of benzene rings is 1. The average molecular weight is 573 g/mol. The molecule has 1 spiro atoms. The second-order valence-corrected chi connectivity index (χ2v) is 12.6. The van der Waals surface area contributed by atoms with Crippen molar-refractivity contribution in [3.63, 3.8) is 0 Å². The highest BCUT2D eigenvalue weighted by molar-refractivity contribution is 5.99. The normalized spacial score (nSPS) is 24.1. The van der Waals surface area contributed by atoms with Gasteiger partial charge in [-0.25, -0.2) is 13.8 Å². The Hall–Kier alpha value is -3.80. The van der Waals surface area contributed by atoms with E-state index in [1.54, 1.807) is 4.90 Å². The van der Waals surface area contributed by atoms with Gasteiger partial charge < -0.3 is 19.9 Å². The highest BCUT2D eigenvalue weighted by atomic mass is 19.1. The third kappa shape index (κ3) is 4.98. The van der Waals surface area contributed by atoms with E-state index in [1.165, 1.54) is 22.8 Å². The smallest absolute Gasteiger partial charge is 0.274 e. The van der Waals surface area contributed by atoms with Crippen LogP contribution in [0.2, 0.25) is 0 Å². The monoisotopic (exact) mass is 572 g/mol. The maximum absolute atomic E-state index is 14.3. The van der Waals surface area contributed by atoms with Gasteiger partial charge in [0, 0.05) is 30.9 Å². The van der Waals surface area contributed by atoms with Gasteiger partial charge in [0.25, 0.3) is 11.8 Å². The lowest BCUT2D eigenvalue weighted by atomic mass is 9.85. The number of carbonyl (C=O) groups excluding carboxylic acids is 3. The highest BCUT2D eigenvalue weighted by Crippen LogP contribution is 2.47. The molecule has 12 heteroatoms. The summed E-state index contributed by atoms with van der Waals surface area (Å²) in [6.07, 6.45) is 2.11. The maximum atomic E-state index is 14.3. The van der Waals surface area contributed by atoms with Crippen LogP contribution in [0, 0.1) is 24.0 Å². The molecule has 2 saturated heterocycles. The van der Waals surface area contributed by atoms with Gasteiger partial charge in [-0.15, -0.1) is 0 Å². The molecule has 1 aromatic carbocycles.